The van der Waals surface area contributed by atoms with Crippen molar-refractivity contribution in [2.45, 2.75) is 12.5 Å². The van der Waals surface area contributed by atoms with Crippen molar-refractivity contribution in [1.29, 1.82) is 0 Å². The number of carbonyl (C=O) groups excluding carboxylic acids is 1. The van der Waals surface area contributed by atoms with Crippen LogP contribution in [0.1, 0.15) is 16.8 Å². The number of Topliss-reactive ketones (excluding diaryl/α,β-unsaturated/α-hetero) is 1. The molecule has 1 saturated heterocycles. The van der Waals surface area contributed by atoms with Crippen molar-refractivity contribution in [3.8, 4) is 0 Å². The van der Waals surface area contributed by atoms with Crippen LogP contribution in [0.25, 0.3) is 0 Å². The zero-order chi connectivity index (χ0) is 12.4. The molecular weight excluding hydrogens is 281 g/mol. The van der Waals surface area contributed by atoms with Crippen LogP contribution in [0.15, 0.2) is 6.07 Å². The van der Waals surface area contributed by atoms with Crippen molar-refractivity contribution in [3.63, 3.8) is 0 Å². The molecule has 1 unspecified atom stereocenters. The highest BCUT2D eigenvalue weighted by atomic mass is 35.5. The van der Waals surface area contributed by atoms with Crippen LogP contribution < -0.4 is 0 Å². The predicted octanol–water partition coefficient (Wildman–Crippen LogP) is 2.96. The molecule has 1 aliphatic rings. The van der Waals surface area contributed by atoms with Gasteiger partial charge in [-0.3, -0.25) is 9.69 Å². The molecule has 0 aromatic carbocycles. The van der Waals surface area contributed by atoms with Crippen molar-refractivity contribution < 1.29 is 9.53 Å². The second-order valence-corrected chi connectivity index (χ2v) is 6.38. The fraction of sp³-hybridized carbons (Fsp3) is 0.545. The summed E-state index contributed by atoms with van der Waals surface area (Å²) in [5.41, 5.74) is 0.521. The van der Waals surface area contributed by atoms with Crippen molar-refractivity contribution in [2.24, 2.45) is 0 Å². The van der Waals surface area contributed by atoms with Crippen LogP contribution >= 0.6 is 34.5 Å². The van der Waals surface area contributed by atoms with Gasteiger partial charge < -0.3 is 4.74 Å². The van der Waals surface area contributed by atoms with Gasteiger partial charge in [-0.05, 0) is 19.5 Å². The van der Waals surface area contributed by atoms with Gasteiger partial charge in [-0.25, -0.2) is 0 Å². The number of halogens is 2. The van der Waals surface area contributed by atoms with E-state index < -0.39 is 0 Å². The molecule has 0 saturated carbocycles. The number of ketones is 1. The molecule has 0 bridgehead atoms. The fourth-order valence-corrected chi connectivity index (χ4v) is 3.34. The minimum Gasteiger partial charge on any atom is -0.380 e. The first kappa shape index (κ1) is 13.3. The molecule has 2 heterocycles. The number of likely N-dealkylation sites (N-methyl/N-ethyl adjacent to an activating group) is 1. The largest absolute Gasteiger partial charge is 0.380 e. The molecule has 2 rings (SSSR count). The molecule has 1 fully saturated rings. The second kappa shape index (κ2) is 5.67. The first-order chi connectivity index (χ1) is 8.08. The molecule has 0 aliphatic carbocycles. The van der Waals surface area contributed by atoms with Crippen LogP contribution in [0.4, 0.5) is 0 Å². The molecule has 0 amide bonds. The lowest BCUT2D eigenvalue weighted by molar-refractivity contribution is 0.0908. The van der Waals surface area contributed by atoms with E-state index in [1.807, 2.05) is 11.9 Å². The summed E-state index contributed by atoms with van der Waals surface area (Å²) in [4.78, 5) is 14.0. The fourth-order valence-electron chi connectivity index (χ4n) is 1.84. The van der Waals surface area contributed by atoms with E-state index in [0.717, 1.165) is 13.0 Å². The Morgan fingerprint density at radius 2 is 2.41 bits per heavy atom. The Morgan fingerprint density at radius 1 is 1.65 bits per heavy atom. The van der Waals surface area contributed by atoms with Gasteiger partial charge in [-0.1, -0.05) is 23.2 Å². The summed E-state index contributed by atoms with van der Waals surface area (Å²) in [6.07, 6.45) is 0.974. The van der Waals surface area contributed by atoms with E-state index in [1.54, 1.807) is 6.07 Å². The highest BCUT2D eigenvalue weighted by molar-refractivity contribution is 7.20. The first-order valence-corrected chi connectivity index (χ1v) is 6.91. The minimum atomic E-state index is 0.00699. The van der Waals surface area contributed by atoms with Gasteiger partial charge in [0, 0.05) is 12.6 Å². The Bertz CT molecular complexity index is 416. The summed E-state index contributed by atoms with van der Waals surface area (Å²) in [6, 6.07) is 1.96. The topological polar surface area (TPSA) is 29.5 Å². The smallest absolute Gasteiger partial charge is 0.179 e. The van der Waals surface area contributed by atoms with Crippen molar-refractivity contribution >= 4 is 40.3 Å². The van der Waals surface area contributed by atoms with E-state index in [9.17, 15) is 4.79 Å². The van der Waals surface area contributed by atoms with Crippen LogP contribution in [0, 0.1) is 0 Å². The molecule has 0 radical (unpaired) electrons. The molecule has 0 spiro atoms. The number of hydrogen-bond donors (Lipinski definition) is 0. The SMILES string of the molecule is CN(CC(=O)c1cc(Cl)sc1Cl)C1CCOC1. The first-order valence-electron chi connectivity index (χ1n) is 5.34. The lowest BCUT2D eigenvalue weighted by Crippen LogP contribution is -2.36. The van der Waals surface area contributed by atoms with Gasteiger partial charge in [0.05, 0.1) is 23.1 Å². The third-order valence-corrected chi connectivity index (χ3v) is 4.37. The normalized spacial score (nSPS) is 20.1. The van der Waals surface area contributed by atoms with Crippen molar-refractivity contribution in [1.82, 2.24) is 4.90 Å². The molecule has 1 aromatic rings. The number of hydrogen-bond acceptors (Lipinski definition) is 4. The molecule has 0 N–H and O–H groups in total. The minimum absolute atomic E-state index is 0.00699. The second-order valence-electron chi connectivity index (χ2n) is 4.09. The highest BCUT2D eigenvalue weighted by Gasteiger charge is 2.23. The average molecular weight is 294 g/mol. The monoisotopic (exact) mass is 293 g/mol. The maximum absolute atomic E-state index is 12.0. The Kier molecular flexibility index (Phi) is 4.44. The molecule has 17 heavy (non-hydrogen) atoms. The molecule has 6 heteroatoms. The van der Waals surface area contributed by atoms with Gasteiger partial charge >= 0.3 is 0 Å². The summed E-state index contributed by atoms with van der Waals surface area (Å²) in [7, 11) is 1.93. The van der Waals surface area contributed by atoms with Gasteiger partial charge in [0.15, 0.2) is 5.78 Å². The molecule has 1 aromatic heterocycles. The van der Waals surface area contributed by atoms with Crippen LogP contribution in [-0.4, -0.2) is 43.5 Å². The number of thiophene rings is 1. The van der Waals surface area contributed by atoms with E-state index in [1.165, 1.54) is 11.3 Å². The third kappa shape index (κ3) is 3.20. The molecule has 1 aliphatic heterocycles. The summed E-state index contributed by atoms with van der Waals surface area (Å²) >= 11 is 13.0. The van der Waals surface area contributed by atoms with Crippen molar-refractivity contribution in [3.05, 3.63) is 20.3 Å². The Morgan fingerprint density at radius 3 is 2.94 bits per heavy atom. The maximum Gasteiger partial charge on any atom is 0.179 e. The standard InChI is InChI=1S/C11H13Cl2NO2S/c1-14(7-2-3-16-6-7)5-9(15)8-4-10(12)17-11(8)13/h4,7H,2-3,5-6H2,1H3. The summed E-state index contributed by atoms with van der Waals surface area (Å²) in [5.74, 6) is 0.00699. The molecular formula is C11H13Cl2NO2S. The van der Waals surface area contributed by atoms with E-state index in [2.05, 4.69) is 0 Å². The number of ether oxygens (including phenoxy) is 1. The lowest BCUT2D eigenvalue weighted by Gasteiger charge is -2.21. The van der Waals surface area contributed by atoms with Gasteiger partial charge in [-0.15, -0.1) is 11.3 Å². The van der Waals surface area contributed by atoms with E-state index >= 15 is 0 Å². The van der Waals surface area contributed by atoms with Crippen LogP contribution in [0.3, 0.4) is 0 Å². The van der Waals surface area contributed by atoms with Crippen molar-refractivity contribution in [2.75, 3.05) is 26.8 Å². The lowest BCUT2D eigenvalue weighted by atomic mass is 10.2. The molecule has 3 nitrogen and oxygen atoms in total. The van der Waals surface area contributed by atoms with Gasteiger partial charge in [-0.2, -0.15) is 0 Å². The zero-order valence-electron chi connectivity index (χ0n) is 9.41. The maximum atomic E-state index is 12.0. The van der Waals surface area contributed by atoms with Crippen LogP contribution in [-0.2, 0) is 4.74 Å². The zero-order valence-corrected chi connectivity index (χ0v) is 11.7. The van der Waals surface area contributed by atoms with Crippen LogP contribution in [0.5, 0.6) is 0 Å². The predicted molar refractivity (Wildman–Crippen MR) is 70.5 cm³/mol. The molecule has 1 atom stereocenters. The third-order valence-electron chi connectivity index (χ3n) is 2.88. The van der Waals surface area contributed by atoms with Gasteiger partial charge in [0.2, 0.25) is 0 Å². The van der Waals surface area contributed by atoms with E-state index in [-0.39, 0.29) is 5.78 Å². The Balaban J connectivity index is 1.98. The quantitative estimate of drug-likeness (QED) is 0.800. The molecule has 94 valence electrons. The van der Waals surface area contributed by atoms with Gasteiger partial charge in [0.25, 0.3) is 0 Å². The van der Waals surface area contributed by atoms with Gasteiger partial charge in [0.1, 0.15) is 4.34 Å². The van der Waals surface area contributed by atoms with E-state index in [4.69, 9.17) is 27.9 Å². The van der Waals surface area contributed by atoms with E-state index in [0.29, 0.717) is 33.4 Å². The summed E-state index contributed by atoms with van der Waals surface area (Å²) < 4.78 is 6.31. The Hall–Kier alpha value is -0.130. The summed E-state index contributed by atoms with van der Waals surface area (Å²) in [5, 5.41) is 0. The Labute approximate surface area is 114 Å². The number of carbonyl (C=O) groups is 1. The summed E-state index contributed by atoms with van der Waals surface area (Å²) in [6.45, 7) is 1.82. The number of rotatable bonds is 4. The average Bonchev–Trinajstić information content (AvgIpc) is 2.87. The highest BCUT2D eigenvalue weighted by Crippen LogP contribution is 2.31. The van der Waals surface area contributed by atoms with Crippen LogP contribution in [0.2, 0.25) is 8.67 Å². The number of nitrogens with zero attached hydrogens (tertiary/aromatic N) is 1.